The van der Waals surface area contributed by atoms with Crippen LogP contribution in [0.3, 0.4) is 0 Å². The summed E-state index contributed by atoms with van der Waals surface area (Å²) in [6.45, 7) is 4.42. The minimum Gasteiger partial charge on any atom is -0.494 e. The SMILES string of the molecule is CCOc1ccc([C@H]2CCCN2Cc2cc(=O)n3ccsc3n2)cc1. The number of ether oxygens (including phenoxy) is 1. The van der Waals surface area contributed by atoms with Gasteiger partial charge in [0.05, 0.1) is 12.3 Å². The molecule has 25 heavy (non-hydrogen) atoms. The fourth-order valence-corrected chi connectivity index (χ4v) is 4.26. The Labute approximate surface area is 150 Å². The predicted octanol–water partition coefficient (Wildman–Crippen LogP) is 3.49. The highest BCUT2D eigenvalue weighted by Gasteiger charge is 2.26. The van der Waals surface area contributed by atoms with Gasteiger partial charge in [-0.15, -0.1) is 11.3 Å². The summed E-state index contributed by atoms with van der Waals surface area (Å²) in [5.41, 5.74) is 2.15. The second kappa shape index (κ2) is 6.98. The van der Waals surface area contributed by atoms with Gasteiger partial charge in [0.2, 0.25) is 0 Å². The standard InChI is InChI=1S/C19H21N3O2S/c1-2-24-16-7-5-14(6-8-16)17-4-3-9-21(17)13-15-12-18(23)22-10-11-25-19(22)20-15/h5-8,10-12,17H,2-4,9,13H2,1H3/t17-/m1/s1. The summed E-state index contributed by atoms with van der Waals surface area (Å²) >= 11 is 1.50. The summed E-state index contributed by atoms with van der Waals surface area (Å²) in [4.78, 5) is 20.0. The van der Waals surface area contributed by atoms with E-state index in [1.807, 2.05) is 24.4 Å². The molecule has 0 unspecified atom stereocenters. The van der Waals surface area contributed by atoms with Gasteiger partial charge in [-0.3, -0.25) is 14.1 Å². The molecule has 0 radical (unpaired) electrons. The Hall–Kier alpha value is -2.18. The Bertz CT molecular complexity index is 916. The van der Waals surface area contributed by atoms with Gasteiger partial charge in [0.25, 0.3) is 5.56 Å². The van der Waals surface area contributed by atoms with Crippen molar-refractivity contribution in [1.82, 2.24) is 14.3 Å². The van der Waals surface area contributed by atoms with Gasteiger partial charge in [-0.25, -0.2) is 4.98 Å². The monoisotopic (exact) mass is 355 g/mol. The maximum Gasteiger partial charge on any atom is 0.258 e. The van der Waals surface area contributed by atoms with E-state index in [2.05, 4.69) is 22.0 Å². The van der Waals surface area contributed by atoms with Crippen LogP contribution in [0, 0.1) is 0 Å². The Balaban J connectivity index is 1.55. The Morgan fingerprint density at radius 2 is 2.16 bits per heavy atom. The van der Waals surface area contributed by atoms with Crippen molar-refractivity contribution in [3.63, 3.8) is 0 Å². The number of hydrogen-bond acceptors (Lipinski definition) is 5. The second-order valence-corrected chi connectivity index (χ2v) is 7.14. The third kappa shape index (κ3) is 3.32. The maximum atomic E-state index is 12.2. The van der Waals surface area contributed by atoms with Gasteiger partial charge in [-0.2, -0.15) is 0 Å². The number of benzene rings is 1. The van der Waals surface area contributed by atoms with Gasteiger partial charge in [0, 0.05) is 30.2 Å². The predicted molar refractivity (Wildman–Crippen MR) is 99.3 cm³/mol. The van der Waals surface area contributed by atoms with Crippen LogP contribution in [-0.4, -0.2) is 27.4 Å². The van der Waals surface area contributed by atoms with E-state index in [1.165, 1.54) is 16.9 Å². The van der Waals surface area contributed by atoms with Crippen molar-refractivity contribution in [1.29, 1.82) is 0 Å². The van der Waals surface area contributed by atoms with Gasteiger partial charge in [0.1, 0.15) is 5.75 Å². The molecule has 0 spiro atoms. The zero-order valence-corrected chi connectivity index (χ0v) is 15.0. The van der Waals surface area contributed by atoms with E-state index in [9.17, 15) is 4.79 Å². The first-order chi connectivity index (χ1) is 12.2. The number of nitrogens with zero attached hydrogens (tertiary/aromatic N) is 3. The first-order valence-electron chi connectivity index (χ1n) is 8.67. The molecule has 0 aliphatic carbocycles. The Morgan fingerprint density at radius 1 is 1.32 bits per heavy atom. The van der Waals surface area contributed by atoms with Gasteiger partial charge in [0.15, 0.2) is 4.96 Å². The smallest absolute Gasteiger partial charge is 0.258 e. The van der Waals surface area contributed by atoms with Gasteiger partial charge < -0.3 is 4.74 Å². The minimum absolute atomic E-state index is 0.00179. The van der Waals surface area contributed by atoms with E-state index in [4.69, 9.17) is 4.74 Å². The van der Waals surface area contributed by atoms with E-state index < -0.39 is 0 Å². The van der Waals surface area contributed by atoms with Crippen LogP contribution >= 0.6 is 11.3 Å². The van der Waals surface area contributed by atoms with Gasteiger partial charge >= 0.3 is 0 Å². The number of thiazole rings is 1. The molecular formula is C19H21N3O2S. The number of fused-ring (bicyclic) bond motifs is 1. The molecule has 2 aromatic heterocycles. The molecule has 130 valence electrons. The molecule has 0 N–H and O–H groups in total. The maximum absolute atomic E-state index is 12.2. The van der Waals surface area contributed by atoms with Crippen LogP contribution in [0.1, 0.15) is 37.1 Å². The third-order valence-electron chi connectivity index (χ3n) is 4.66. The molecule has 1 aliphatic rings. The van der Waals surface area contributed by atoms with Gasteiger partial charge in [-0.05, 0) is 44.0 Å². The number of aromatic nitrogens is 2. The van der Waals surface area contributed by atoms with E-state index >= 15 is 0 Å². The summed E-state index contributed by atoms with van der Waals surface area (Å²) in [7, 11) is 0. The van der Waals surface area contributed by atoms with Crippen molar-refractivity contribution in [3.05, 3.63) is 63.5 Å². The molecule has 1 atom stereocenters. The fraction of sp³-hybridized carbons (Fsp3) is 0.368. The molecule has 0 amide bonds. The van der Waals surface area contributed by atoms with Crippen LogP contribution in [0.4, 0.5) is 0 Å². The number of rotatable bonds is 5. The van der Waals surface area contributed by atoms with E-state index in [0.29, 0.717) is 19.2 Å². The average Bonchev–Trinajstić information content (AvgIpc) is 3.25. The van der Waals surface area contributed by atoms with Crippen LogP contribution in [0.5, 0.6) is 5.75 Å². The van der Waals surface area contributed by atoms with Crippen molar-refractivity contribution in [2.24, 2.45) is 0 Å². The normalized spacial score (nSPS) is 18.0. The molecule has 4 rings (SSSR count). The summed E-state index contributed by atoms with van der Waals surface area (Å²) < 4.78 is 7.13. The third-order valence-corrected chi connectivity index (χ3v) is 5.42. The Morgan fingerprint density at radius 3 is 2.96 bits per heavy atom. The van der Waals surface area contributed by atoms with Crippen molar-refractivity contribution in [2.45, 2.75) is 32.4 Å². The van der Waals surface area contributed by atoms with Crippen LogP contribution in [-0.2, 0) is 6.54 Å². The molecule has 0 bridgehead atoms. The molecule has 1 aromatic carbocycles. The molecular weight excluding hydrogens is 334 g/mol. The molecule has 3 heterocycles. The molecule has 6 heteroatoms. The minimum atomic E-state index is -0.00179. The molecule has 0 saturated carbocycles. The van der Waals surface area contributed by atoms with Crippen molar-refractivity contribution in [2.75, 3.05) is 13.2 Å². The van der Waals surface area contributed by atoms with Crippen molar-refractivity contribution < 1.29 is 4.74 Å². The van der Waals surface area contributed by atoms with Crippen LogP contribution in [0.2, 0.25) is 0 Å². The summed E-state index contributed by atoms with van der Waals surface area (Å²) in [6.07, 6.45) is 4.07. The fourth-order valence-electron chi connectivity index (χ4n) is 3.52. The average molecular weight is 355 g/mol. The quantitative estimate of drug-likeness (QED) is 0.703. The van der Waals surface area contributed by atoms with E-state index in [-0.39, 0.29) is 5.56 Å². The lowest BCUT2D eigenvalue weighted by Crippen LogP contribution is -2.25. The zero-order chi connectivity index (χ0) is 17.2. The van der Waals surface area contributed by atoms with Crippen molar-refractivity contribution >= 4 is 16.3 Å². The summed E-state index contributed by atoms with van der Waals surface area (Å²) in [5.74, 6) is 0.911. The highest BCUT2D eigenvalue weighted by molar-refractivity contribution is 7.15. The molecule has 1 saturated heterocycles. The van der Waals surface area contributed by atoms with Crippen LogP contribution in [0.25, 0.3) is 4.96 Å². The lowest BCUT2D eigenvalue weighted by molar-refractivity contribution is 0.245. The number of likely N-dealkylation sites (tertiary alicyclic amines) is 1. The highest BCUT2D eigenvalue weighted by Crippen LogP contribution is 2.33. The summed E-state index contributed by atoms with van der Waals surface area (Å²) in [6, 6.07) is 10.4. The van der Waals surface area contributed by atoms with E-state index in [1.54, 1.807) is 16.7 Å². The van der Waals surface area contributed by atoms with Crippen LogP contribution < -0.4 is 10.3 Å². The molecule has 3 aromatic rings. The highest BCUT2D eigenvalue weighted by atomic mass is 32.1. The van der Waals surface area contributed by atoms with Gasteiger partial charge in [-0.1, -0.05) is 12.1 Å². The molecule has 1 aliphatic heterocycles. The first kappa shape index (κ1) is 16.3. The zero-order valence-electron chi connectivity index (χ0n) is 14.2. The topological polar surface area (TPSA) is 46.8 Å². The lowest BCUT2D eigenvalue weighted by Gasteiger charge is -2.24. The Kier molecular flexibility index (Phi) is 4.55. The molecule has 1 fully saturated rings. The first-order valence-corrected chi connectivity index (χ1v) is 9.55. The molecule has 5 nitrogen and oxygen atoms in total. The largest absolute Gasteiger partial charge is 0.494 e. The second-order valence-electron chi connectivity index (χ2n) is 6.27. The van der Waals surface area contributed by atoms with Crippen LogP contribution in [0.15, 0.2) is 46.7 Å². The summed E-state index contributed by atoms with van der Waals surface area (Å²) in [5, 5.41) is 1.89. The number of hydrogen-bond donors (Lipinski definition) is 0. The lowest BCUT2D eigenvalue weighted by atomic mass is 10.0. The van der Waals surface area contributed by atoms with Crippen molar-refractivity contribution in [3.8, 4) is 5.75 Å². The van der Waals surface area contributed by atoms with E-state index in [0.717, 1.165) is 35.8 Å².